The molecule has 0 N–H and O–H groups in total. The number of benzene rings is 1. The van der Waals surface area contributed by atoms with E-state index < -0.39 is 11.8 Å². The van der Waals surface area contributed by atoms with E-state index >= 15 is 0 Å². The van der Waals surface area contributed by atoms with Gasteiger partial charge in [-0.2, -0.15) is 0 Å². The highest BCUT2D eigenvalue weighted by molar-refractivity contribution is 6.34. The van der Waals surface area contributed by atoms with Gasteiger partial charge in [-0.3, -0.25) is 4.79 Å². The molecule has 0 spiro atoms. The largest absolute Gasteiger partial charge is 0.463 e. The van der Waals surface area contributed by atoms with Gasteiger partial charge in [0.1, 0.15) is 0 Å². The van der Waals surface area contributed by atoms with Gasteiger partial charge in [0.15, 0.2) is 0 Å². The monoisotopic (exact) mass is 178 g/mol. The van der Waals surface area contributed by atoms with Gasteiger partial charge in [0.2, 0.25) is 5.78 Å². The molecule has 1 aromatic carbocycles. The van der Waals surface area contributed by atoms with E-state index in [4.69, 9.17) is 0 Å². The van der Waals surface area contributed by atoms with Crippen molar-refractivity contribution >= 4 is 11.8 Å². The van der Waals surface area contributed by atoms with Crippen LogP contribution in [0.15, 0.2) is 30.3 Å². The minimum Gasteiger partial charge on any atom is -0.463 e. The fourth-order valence-corrected chi connectivity index (χ4v) is 0.967. The molecule has 0 saturated carbocycles. The highest BCUT2D eigenvalue weighted by atomic mass is 16.5. The quantitative estimate of drug-likeness (QED) is 0.511. The summed E-state index contributed by atoms with van der Waals surface area (Å²) in [6.45, 7) is 0. The second kappa shape index (κ2) is 4.40. The normalized spacial score (nSPS) is 9.31. The van der Waals surface area contributed by atoms with Crippen molar-refractivity contribution in [3.05, 3.63) is 35.9 Å². The van der Waals surface area contributed by atoms with E-state index in [0.717, 1.165) is 5.56 Å². The fourth-order valence-electron chi connectivity index (χ4n) is 0.967. The average Bonchev–Trinajstić information content (AvgIpc) is 2.18. The van der Waals surface area contributed by atoms with Crippen LogP contribution < -0.4 is 0 Å². The summed E-state index contributed by atoms with van der Waals surface area (Å²) in [6, 6.07) is 9.08. The summed E-state index contributed by atoms with van der Waals surface area (Å²) >= 11 is 0. The zero-order chi connectivity index (χ0) is 9.68. The molecular weight excluding hydrogens is 168 g/mol. The van der Waals surface area contributed by atoms with Gasteiger partial charge in [-0.25, -0.2) is 4.79 Å². The van der Waals surface area contributed by atoms with Crippen molar-refractivity contribution < 1.29 is 14.3 Å². The summed E-state index contributed by atoms with van der Waals surface area (Å²) in [7, 11) is 1.20. The molecule has 0 bridgehead atoms. The number of esters is 1. The van der Waals surface area contributed by atoms with E-state index in [9.17, 15) is 9.59 Å². The van der Waals surface area contributed by atoms with Gasteiger partial charge < -0.3 is 4.74 Å². The third-order valence-corrected chi connectivity index (χ3v) is 1.62. The van der Waals surface area contributed by atoms with Crippen molar-refractivity contribution in [3.8, 4) is 0 Å². The third-order valence-electron chi connectivity index (χ3n) is 1.62. The minimum atomic E-state index is -0.788. The van der Waals surface area contributed by atoms with Crippen LogP contribution in [0.2, 0.25) is 0 Å². The molecule has 0 radical (unpaired) electrons. The molecule has 0 fully saturated rings. The van der Waals surface area contributed by atoms with Crippen LogP contribution in [-0.4, -0.2) is 18.9 Å². The molecule has 1 rings (SSSR count). The first-order valence-electron chi connectivity index (χ1n) is 3.89. The Balaban J connectivity index is 2.60. The van der Waals surface area contributed by atoms with Crippen molar-refractivity contribution in [1.82, 2.24) is 0 Å². The number of carbonyl (C=O) groups excluding carboxylic acids is 2. The SMILES string of the molecule is COC(=O)C(=O)Cc1ccccc1. The molecule has 0 unspecified atom stereocenters. The lowest BCUT2D eigenvalue weighted by Gasteiger charge is -1.98. The standard InChI is InChI=1S/C10H10O3/c1-13-10(12)9(11)7-8-5-3-2-4-6-8/h2-6H,7H2,1H3. The Morgan fingerprint density at radius 3 is 2.38 bits per heavy atom. The fraction of sp³-hybridized carbons (Fsp3) is 0.200. The summed E-state index contributed by atoms with van der Waals surface area (Å²) in [5.74, 6) is -1.31. The lowest BCUT2D eigenvalue weighted by molar-refractivity contribution is -0.151. The first kappa shape index (κ1) is 9.45. The van der Waals surface area contributed by atoms with E-state index in [-0.39, 0.29) is 6.42 Å². The molecule has 3 heteroatoms. The van der Waals surface area contributed by atoms with Crippen LogP contribution in [0.3, 0.4) is 0 Å². The number of rotatable bonds is 3. The Morgan fingerprint density at radius 1 is 1.23 bits per heavy atom. The Bertz CT molecular complexity index is 303. The van der Waals surface area contributed by atoms with Crippen LogP contribution in [0.4, 0.5) is 0 Å². The lowest BCUT2D eigenvalue weighted by Crippen LogP contribution is -2.17. The Hall–Kier alpha value is -1.64. The van der Waals surface area contributed by atoms with Gasteiger partial charge in [0.05, 0.1) is 7.11 Å². The van der Waals surface area contributed by atoms with E-state index in [1.807, 2.05) is 18.2 Å². The van der Waals surface area contributed by atoms with Crippen LogP contribution in [-0.2, 0) is 20.7 Å². The predicted octanol–water partition coefficient (Wildman–Crippen LogP) is 0.971. The summed E-state index contributed by atoms with van der Waals surface area (Å²) in [6.07, 6.45) is 0.105. The molecule has 0 aromatic heterocycles. The maximum Gasteiger partial charge on any atom is 0.374 e. The first-order chi connectivity index (χ1) is 6.24. The minimum absolute atomic E-state index is 0.105. The average molecular weight is 178 g/mol. The molecule has 0 saturated heterocycles. The van der Waals surface area contributed by atoms with Crippen LogP contribution in [0.5, 0.6) is 0 Å². The third kappa shape index (κ3) is 2.71. The van der Waals surface area contributed by atoms with Crippen molar-refractivity contribution in [2.24, 2.45) is 0 Å². The summed E-state index contributed by atoms with van der Waals surface area (Å²) in [5.41, 5.74) is 0.818. The van der Waals surface area contributed by atoms with Crippen LogP contribution in [0.25, 0.3) is 0 Å². The van der Waals surface area contributed by atoms with E-state index in [0.29, 0.717) is 0 Å². The van der Waals surface area contributed by atoms with Crippen molar-refractivity contribution in [2.75, 3.05) is 7.11 Å². The molecule has 0 aliphatic carbocycles. The topological polar surface area (TPSA) is 43.4 Å². The summed E-state index contributed by atoms with van der Waals surface area (Å²) in [5, 5.41) is 0. The zero-order valence-corrected chi connectivity index (χ0v) is 7.32. The van der Waals surface area contributed by atoms with Gasteiger partial charge in [-0.15, -0.1) is 0 Å². The van der Waals surface area contributed by atoms with Crippen LogP contribution >= 0.6 is 0 Å². The second-order valence-corrected chi connectivity index (χ2v) is 2.58. The van der Waals surface area contributed by atoms with Gasteiger partial charge in [-0.1, -0.05) is 30.3 Å². The van der Waals surface area contributed by atoms with Gasteiger partial charge >= 0.3 is 5.97 Å². The Labute approximate surface area is 76.3 Å². The Kier molecular flexibility index (Phi) is 3.20. The molecule has 0 heterocycles. The zero-order valence-electron chi connectivity index (χ0n) is 7.32. The number of Topliss-reactive ketones (excluding diaryl/α,β-unsaturated/α-hetero) is 1. The van der Waals surface area contributed by atoms with Gasteiger partial charge in [0.25, 0.3) is 0 Å². The maximum atomic E-state index is 11.1. The molecule has 0 atom stereocenters. The smallest absolute Gasteiger partial charge is 0.374 e. The highest BCUT2D eigenvalue weighted by Crippen LogP contribution is 2.00. The van der Waals surface area contributed by atoms with E-state index in [1.54, 1.807) is 12.1 Å². The first-order valence-corrected chi connectivity index (χ1v) is 3.89. The summed E-state index contributed by atoms with van der Waals surface area (Å²) < 4.78 is 4.30. The molecule has 0 amide bonds. The molecule has 13 heavy (non-hydrogen) atoms. The van der Waals surface area contributed by atoms with Gasteiger partial charge in [0, 0.05) is 6.42 Å². The molecule has 1 aromatic rings. The Morgan fingerprint density at radius 2 is 1.85 bits per heavy atom. The molecule has 0 aliphatic heterocycles. The molecule has 68 valence electrons. The van der Waals surface area contributed by atoms with Crippen molar-refractivity contribution in [1.29, 1.82) is 0 Å². The number of hydrogen-bond acceptors (Lipinski definition) is 3. The number of ether oxygens (including phenoxy) is 1. The molecule has 3 nitrogen and oxygen atoms in total. The second-order valence-electron chi connectivity index (χ2n) is 2.58. The van der Waals surface area contributed by atoms with E-state index in [1.165, 1.54) is 7.11 Å². The van der Waals surface area contributed by atoms with Crippen molar-refractivity contribution in [3.63, 3.8) is 0 Å². The number of ketones is 1. The molecular formula is C10H10O3. The van der Waals surface area contributed by atoms with E-state index in [2.05, 4.69) is 4.74 Å². The maximum absolute atomic E-state index is 11.1. The van der Waals surface area contributed by atoms with Crippen LogP contribution in [0.1, 0.15) is 5.56 Å². The number of methoxy groups -OCH3 is 1. The predicted molar refractivity (Wildman–Crippen MR) is 47.2 cm³/mol. The van der Waals surface area contributed by atoms with Crippen molar-refractivity contribution in [2.45, 2.75) is 6.42 Å². The summed E-state index contributed by atoms with van der Waals surface area (Å²) in [4.78, 5) is 21.8. The number of hydrogen-bond donors (Lipinski definition) is 0. The number of carbonyl (C=O) groups is 2. The van der Waals surface area contributed by atoms with Crippen LogP contribution in [0, 0.1) is 0 Å². The lowest BCUT2D eigenvalue weighted by atomic mass is 10.1. The highest BCUT2D eigenvalue weighted by Gasteiger charge is 2.13. The van der Waals surface area contributed by atoms with Gasteiger partial charge in [-0.05, 0) is 5.56 Å². The molecule has 0 aliphatic rings.